The van der Waals surface area contributed by atoms with Crippen LogP contribution in [0.5, 0.6) is 17.2 Å². The Morgan fingerprint density at radius 3 is 2.05 bits per heavy atom. The van der Waals surface area contributed by atoms with Crippen LogP contribution < -0.4 is 13.7 Å². The van der Waals surface area contributed by atoms with Gasteiger partial charge in [0.2, 0.25) is 5.75 Å². The number of hydrogen-bond acceptors (Lipinski definition) is 7. The Morgan fingerprint density at radius 1 is 1.14 bits per heavy atom. The zero-order chi connectivity index (χ0) is 16.0. The minimum absolute atomic E-state index is 0.00325. The summed E-state index contributed by atoms with van der Waals surface area (Å²) in [5, 5.41) is 0. The van der Waals surface area contributed by atoms with Crippen LogP contribution in [-0.4, -0.2) is 40.3 Å². The molecule has 1 rings (SSSR count). The van der Waals surface area contributed by atoms with Gasteiger partial charge < -0.3 is 18.4 Å². The fourth-order valence-corrected chi connectivity index (χ4v) is 1.79. The fraction of sp³-hybridized carbons (Fsp3) is 0.250. The average molecular weight is 318 g/mol. The summed E-state index contributed by atoms with van der Waals surface area (Å²) in [7, 11) is -0.950. The molecule has 9 heteroatoms. The third kappa shape index (κ3) is 4.97. The molecule has 0 radical (unpaired) electrons. The molecule has 0 saturated heterocycles. The van der Waals surface area contributed by atoms with Crippen molar-refractivity contribution in [2.45, 2.75) is 0 Å². The molecule has 0 heterocycles. The number of benzene rings is 1. The van der Waals surface area contributed by atoms with E-state index in [-0.39, 0.29) is 17.2 Å². The van der Waals surface area contributed by atoms with Crippen molar-refractivity contribution < 1.29 is 36.2 Å². The van der Waals surface area contributed by atoms with E-state index in [0.717, 1.165) is 6.08 Å². The van der Waals surface area contributed by atoms with Crippen molar-refractivity contribution in [3.63, 3.8) is 0 Å². The molecule has 1 aromatic carbocycles. The molecule has 0 bridgehead atoms. The van der Waals surface area contributed by atoms with Crippen molar-refractivity contribution in [2.24, 2.45) is 0 Å². The van der Waals surface area contributed by atoms with Crippen molar-refractivity contribution in [3.8, 4) is 17.2 Å². The van der Waals surface area contributed by atoms with Crippen molar-refractivity contribution >= 4 is 22.4 Å². The smallest absolute Gasteiger partial charge is 0.446 e. The second-order valence-electron chi connectivity index (χ2n) is 3.62. The molecule has 0 unspecified atom stereocenters. The first-order valence-electron chi connectivity index (χ1n) is 5.49. The van der Waals surface area contributed by atoms with Gasteiger partial charge in [-0.2, -0.15) is 8.42 Å². The molecule has 8 nitrogen and oxygen atoms in total. The minimum atomic E-state index is -4.74. The monoisotopic (exact) mass is 318 g/mol. The van der Waals surface area contributed by atoms with E-state index in [2.05, 4.69) is 8.92 Å². The first-order chi connectivity index (χ1) is 9.80. The zero-order valence-electron chi connectivity index (χ0n) is 11.5. The molecule has 0 aliphatic carbocycles. The van der Waals surface area contributed by atoms with E-state index in [1.54, 1.807) is 0 Å². The lowest BCUT2D eigenvalue weighted by molar-refractivity contribution is -0.134. The van der Waals surface area contributed by atoms with Gasteiger partial charge in [-0.1, -0.05) is 0 Å². The minimum Gasteiger partial charge on any atom is -0.493 e. The number of methoxy groups -OCH3 is 3. The van der Waals surface area contributed by atoms with Gasteiger partial charge in [0.05, 0.1) is 21.3 Å². The largest absolute Gasteiger partial charge is 0.493 e. The van der Waals surface area contributed by atoms with Gasteiger partial charge in [0.25, 0.3) is 0 Å². The van der Waals surface area contributed by atoms with Crippen LogP contribution in [0.25, 0.3) is 6.08 Å². The summed E-state index contributed by atoms with van der Waals surface area (Å²) in [6, 6.07) is 2.78. The average Bonchev–Trinajstić information content (AvgIpc) is 2.43. The molecule has 0 atom stereocenters. The van der Waals surface area contributed by atoms with Gasteiger partial charge in [-0.15, -0.1) is 0 Å². The molecule has 0 fully saturated rings. The SMILES string of the molecule is COC(=O)C=Cc1cc(OC)c(OS(=O)(=O)O)c(OC)c1. The fourth-order valence-electron chi connectivity index (χ4n) is 1.42. The maximum absolute atomic E-state index is 11.0. The third-order valence-electron chi connectivity index (χ3n) is 2.28. The summed E-state index contributed by atoms with van der Waals surface area (Å²) in [6.45, 7) is 0. The van der Waals surface area contributed by atoms with Crippen LogP contribution >= 0.6 is 0 Å². The predicted octanol–water partition coefficient (Wildman–Crippen LogP) is 1.07. The maximum atomic E-state index is 11.0. The van der Waals surface area contributed by atoms with Crippen molar-refractivity contribution in [1.82, 2.24) is 0 Å². The molecule has 0 spiro atoms. The van der Waals surface area contributed by atoms with E-state index in [1.807, 2.05) is 0 Å². The van der Waals surface area contributed by atoms with Crippen LogP contribution in [0, 0.1) is 0 Å². The zero-order valence-corrected chi connectivity index (χ0v) is 12.3. The van der Waals surface area contributed by atoms with Crippen LogP contribution in [0.1, 0.15) is 5.56 Å². The van der Waals surface area contributed by atoms with Crippen LogP contribution in [0.15, 0.2) is 18.2 Å². The second-order valence-corrected chi connectivity index (χ2v) is 4.64. The molecule has 0 aliphatic rings. The first-order valence-corrected chi connectivity index (χ1v) is 6.86. The summed E-state index contributed by atoms with van der Waals surface area (Å²) in [5.74, 6) is -0.878. The van der Waals surface area contributed by atoms with Crippen LogP contribution in [0.4, 0.5) is 0 Å². The molecule has 1 aromatic rings. The van der Waals surface area contributed by atoms with Crippen molar-refractivity contribution in [1.29, 1.82) is 0 Å². The molecule has 21 heavy (non-hydrogen) atoms. The molecular weight excluding hydrogens is 304 g/mol. The highest BCUT2D eigenvalue weighted by molar-refractivity contribution is 7.81. The Kier molecular flexibility index (Phi) is 5.56. The van der Waals surface area contributed by atoms with E-state index in [4.69, 9.17) is 14.0 Å². The Labute approximate surface area is 121 Å². The number of ether oxygens (including phenoxy) is 3. The third-order valence-corrected chi connectivity index (χ3v) is 2.66. The van der Waals surface area contributed by atoms with E-state index >= 15 is 0 Å². The van der Waals surface area contributed by atoms with Crippen molar-refractivity contribution in [3.05, 3.63) is 23.8 Å². The number of esters is 1. The van der Waals surface area contributed by atoms with Gasteiger partial charge >= 0.3 is 16.4 Å². The predicted molar refractivity (Wildman–Crippen MR) is 72.8 cm³/mol. The lowest BCUT2D eigenvalue weighted by Gasteiger charge is -2.13. The molecule has 0 saturated carbocycles. The Morgan fingerprint density at radius 2 is 1.67 bits per heavy atom. The lowest BCUT2D eigenvalue weighted by atomic mass is 10.1. The van der Waals surface area contributed by atoms with E-state index in [1.165, 1.54) is 39.5 Å². The highest BCUT2D eigenvalue weighted by Crippen LogP contribution is 2.39. The van der Waals surface area contributed by atoms with Crippen LogP contribution in [0.2, 0.25) is 0 Å². The molecule has 0 aliphatic heterocycles. The maximum Gasteiger partial charge on any atom is 0.446 e. The lowest BCUT2D eigenvalue weighted by Crippen LogP contribution is -2.09. The van der Waals surface area contributed by atoms with Gasteiger partial charge in [0, 0.05) is 6.08 Å². The molecule has 0 aromatic heterocycles. The van der Waals surface area contributed by atoms with Crippen LogP contribution in [-0.2, 0) is 19.9 Å². The molecule has 1 N–H and O–H groups in total. The summed E-state index contributed by atoms with van der Waals surface area (Å²) in [6.07, 6.45) is 2.58. The normalized spacial score (nSPS) is 11.2. The Bertz CT molecular complexity index is 622. The number of hydrogen-bond donors (Lipinski definition) is 1. The number of rotatable bonds is 6. The summed E-state index contributed by atoms with van der Waals surface area (Å²) in [4.78, 5) is 11.0. The topological polar surface area (TPSA) is 108 Å². The summed E-state index contributed by atoms with van der Waals surface area (Å²) < 4.78 is 49.2. The molecular formula is C12H14O8S. The van der Waals surface area contributed by atoms with Gasteiger partial charge in [-0.3, -0.25) is 4.55 Å². The Balaban J connectivity index is 3.29. The number of carbonyl (C=O) groups excluding carboxylic acids is 1. The highest BCUT2D eigenvalue weighted by Gasteiger charge is 2.19. The van der Waals surface area contributed by atoms with E-state index < -0.39 is 16.4 Å². The molecule has 116 valence electrons. The standard InChI is InChI=1S/C12H14O8S/c1-17-9-6-8(4-5-11(13)19-3)7-10(18-2)12(9)20-21(14,15)16/h4-7H,1-3H3,(H,14,15,16). The second kappa shape index (κ2) is 6.95. The first kappa shape index (κ1) is 16.8. The van der Waals surface area contributed by atoms with E-state index in [0.29, 0.717) is 5.56 Å². The van der Waals surface area contributed by atoms with Gasteiger partial charge in [-0.25, -0.2) is 4.79 Å². The van der Waals surface area contributed by atoms with Gasteiger partial charge in [0.1, 0.15) is 0 Å². The summed E-state index contributed by atoms with van der Waals surface area (Å²) >= 11 is 0. The van der Waals surface area contributed by atoms with Crippen molar-refractivity contribution in [2.75, 3.05) is 21.3 Å². The van der Waals surface area contributed by atoms with Gasteiger partial charge in [-0.05, 0) is 23.8 Å². The van der Waals surface area contributed by atoms with Gasteiger partial charge in [0.15, 0.2) is 11.5 Å². The Hall–Kier alpha value is -2.26. The quantitative estimate of drug-likeness (QED) is 0.471. The summed E-state index contributed by atoms with van der Waals surface area (Å²) in [5.41, 5.74) is 0.469. The van der Waals surface area contributed by atoms with Crippen LogP contribution in [0.3, 0.4) is 0 Å². The van der Waals surface area contributed by atoms with E-state index in [9.17, 15) is 13.2 Å². The number of carbonyl (C=O) groups is 1. The highest BCUT2D eigenvalue weighted by atomic mass is 32.3. The molecule has 0 amide bonds.